The van der Waals surface area contributed by atoms with Gasteiger partial charge in [-0.05, 0) is 12.5 Å². The Labute approximate surface area is 99.2 Å². The van der Waals surface area contributed by atoms with Crippen molar-refractivity contribution in [3.8, 4) is 12.3 Å². The molecule has 0 saturated carbocycles. The predicted molar refractivity (Wildman–Crippen MR) is 63.6 cm³/mol. The van der Waals surface area contributed by atoms with Gasteiger partial charge in [-0.3, -0.25) is 14.9 Å². The molecule has 5 nitrogen and oxygen atoms in total. The van der Waals surface area contributed by atoms with Crippen molar-refractivity contribution >= 4 is 11.6 Å². The molecule has 1 amide bonds. The molecule has 0 atom stereocenters. The summed E-state index contributed by atoms with van der Waals surface area (Å²) >= 11 is 0. The van der Waals surface area contributed by atoms with E-state index in [0.29, 0.717) is 11.1 Å². The first-order chi connectivity index (χ1) is 7.97. The van der Waals surface area contributed by atoms with Crippen LogP contribution in [-0.2, 0) is 0 Å². The van der Waals surface area contributed by atoms with Gasteiger partial charge in [-0.15, -0.1) is 6.42 Å². The van der Waals surface area contributed by atoms with Gasteiger partial charge < -0.3 is 4.90 Å². The lowest BCUT2D eigenvalue weighted by Gasteiger charge is -2.15. The molecule has 17 heavy (non-hydrogen) atoms. The van der Waals surface area contributed by atoms with Crippen LogP contribution in [0.2, 0.25) is 0 Å². The molecule has 0 saturated heterocycles. The van der Waals surface area contributed by atoms with Crippen LogP contribution >= 0.6 is 0 Å². The number of terminal acetylenes is 1. The number of carbonyl (C=O) groups excluding carboxylic acids is 1. The predicted octanol–water partition coefficient (Wildman–Crippen LogP) is 1.61. The van der Waals surface area contributed by atoms with Gasteiger partial charge in [0.25, 0.3) is 11.6 Å². The number of aryl methyl sites for hydroxylation is 1. The van der Waals surface area contributed by atoms with Crippen molar-refractivity contribution in [2.24, 2.45) is 0 Å². The van der Waals surface area contributed by atoms with Crippen molar-refractivity contribution in [1.82, 2.24) is 4.90 Å². The third kappa shape index (κ3) is 2.82. The molecule has 0 unspecified atom stereocenters. The molecule has 1 rings (SSSR count). The Hall–Kier alpha value is -2.35. The second kappa shape index (κ2) is 5.12. The van der Waals surface area contributed by atoms with Crippen LogP contribution in [0.1, 0.15) is 15.9 Å². The van der Waals surface area contributed by atoms with Gasteiger partial charge in [0.2, 0.25) is 0 Å². The number of benzene rings is 1. The maximum Gasteiger partial charge on any atom is 0.270 e. The molecule has 0 aliphatic rings. The quantitative estimate of drug-likeness (QED) is 0.452. The fraction of sp³-hybridized carbons (Fsp3) is 0.250. The molecule has 0 aliphatic heterocycles. The van der Waals surface area contributed by atoms with Crippen LogP contribution in [0, 0.1) is 29.4 Å². The average Bonchev–Trinajstić information content (AvgIpc) is 2.28. The highest BCUT2D eigenvalue weighted by Crippen LogP contribution is 2.18. The lowest BCUT2D eigenvalue weighted by molar-refractivity contribution is -0.384. The Morgan fingerprint density at radius 2 is 2.24 bits per heavy atom. The van der Waals surface area contributed by atoms with Gasteiger partial charge >= 0.3 is 0 Å². The fourth-order valence-electron chi connectivity index (χ4n) is 1.37. The monoisotopic (exact) mass is 232 g/mol. The molecule has 0 spiro atoms. The SMILES string of the molecule is C#CCN(C)C(=O)c1cc([N+](=O)[O-])ccc1C. The van der Waals surface area contributed by atoms with Gasteiger partial charge in [0, 0.05) is 24.7 Å². The maximum atomic E-state index is 11.9. The average molecular weight is 232 g/mol. The van der Waals surface area contributed by atoms with Crippen molar-refractivity contribution in [2.75, 3.05) is 13.6 Å². The summed E-state index contributed by atoms with van der Waals surface area (Å²) in [6.45, 7) is 1.89. The Bertz CT molecular complexity index is 503. The topological polar surface area (TPSA) is 63.5 Å². The minimum atomic E-state index is -0.530. The molecule has 0 aliphatic carbocycles. The van der Waals surface area contributed by atoms with Crippen LogP contribution in [0.3, 0.4) is 0 Å². The van der Waals surface area contributed by atoms with Gasteiger partial charge in [-0.1, -0.05) is 12.0 Å². The second-order valence-electron chi connectivity index (χ2n) is 3.62. The molecule has 0 heterocycles. The summed E-state index contributed by atoms with van der Waals surface area (Å²) in [4.78, 5) is 23.4. The number of nitro benzene ring substituents is 1. The third-order valence-corrected chi connectivity index (χ3v) is 2.34. The van der Waals surface area contributed by atoms with Gasteiger partial charge in [-0.2, -0.15) is 0 Å². The minimum Gasteiger partial charge on any atom is -0.331 e. The standard InChI is InChI=1S/C12H12N2O3/c1-4-7-13(3)12(15)11-8-10(14(16)17)6-5-9(11)2/h1,5-6,8H,7H2,2-3H3. The van der Waals surface area contributed by atoms with Crippen molar-refractivity contribution in [3.63, 3.8) is 0 Å². The number of rotatable bonds is 3. The summed E-state index contributed by atoms with van der Waals surface area (Å²) < 4.78 is 0. The first-order valence-corrected chi connectivity index (χ1v) is 4.91. The molecule has 0 aromatic heterocycles. The van der Waals surface area contributed by atoms with Crippen molar-refractivity contribution in [2.45, 2.75) is 6.92 Å². The number of hydrogen-bond acceptors (Lipinski definition) is 3. The Kier molecular flexibility index (Phi) is 3.83. The largest absolute Gasteiger partial charge is 0.331 e. The molecule has 0 radical (unpaired) electrons. The molecule has 0 N–H and O–H groups in total. The van der Waals surface area contributed by atoms with E-state index in [1.165, 1.54) is 17.0 Å². The minimum absolute atomic E-state index is 0.104. The highest BCUT2D eigenvalue weighted by molar-refractivity contribution is 5.96. The summed E-state index contributed by atoms with van der Waals surface area (Å²) in [6.07, 6.45) is 5.11. The lowest BCUT2D eigenvalue weighted by atomic mass is 10.1. The van der Waals surface area contributed by atoms with E-state index in [1.54, 1.807) is 20.0 Å². The summed E-state index contributed by atoms with van der Waals surface area (Å²) in [6, 6.07) is 4.19. The third-order valence-electron chi connectivity index (χ3n) is 2.34. The molecular formula is C12H12N2O3. The van der Waals surface area contributed by atoms with Crippen molar-refractivity contribution in [1.29, 1.82) is 0 Å². The van der Waals surface area contributed by atoms with Crippen molar-refractivity contribution in [3.05, 3.63) is 39.4 Å². The number of nitrogens with zero attached hydrogens (tertiary/aromatic N) is 2. The summed E-state index contributed by atoms with van der Waals surface area (Å²) in [5, 5.41) is 10.6. The Morgan fingerprint density at radius 1 is 1.59 bits per heavy atom. The van der Waals surface area contributed by atoms with Crippen LogP contribution in [-0.4, -0.2) is 29.3 Å². The highest BCUT2D eigenvalue weighted by Gasteiger charge is 2.17. The smallest absolute Gasteiger partial charge is 0.270 e. The highest BCUT2D eigenvalue weighted by atomic mass is 16.6. The molecule has 1 aromatic carbocycles. The lowest BCUT2D eigenvalue weighted by Crippen LogP contribution is -2.27. The van der Waals surface area contributed by atoms with Gasteiger partial charge in [0.1, 0.15) is 0 Å². The zero-order chi connectivity index (χ0) is 13.0. The summed E-state index contributed by atoms with van der Waals surface area (Å²) in [7, 11) is 1.56. The summed E-state index contributed by atoms with van der Waals surface area (Å²) in [5.41, 5.74) is 0.884. The van der Waals surface area contributed by atoms with Crippen LogP contribution in [0.5, 0.6) is 0 Å². The van der Waals surface area contributed by atoms with Crippen molar-refractivity contribution < 1.29 is 9.72 Å². The maximum absolute atomic E-state index is 11.9. The van der Waals surface area contributed by atoms with E-state index in [-0.39, 0.29) is 18.1 Å². The van der Waals surface area contributed by atoms with E-state index in [2.05, 4.69) is 5.92 Å². The van der Waals surface area contributed by atoms with Crippen LogP contribution < -0.4 is 0 Å². The molecule has 0 bridgehead atoms. The number of hydrogen-bond donors (Lipinski definition) is 0. The van der Waals surface area contributed by atoms with Gasteiger partial charge in [0.15, 0.2) is 0 Å². The van der Waals surface area contributed by atoms with E-state index in [0.717, 1.165) is 0 Å². The number of nitro groups is 1. The van der Waals surface area contributed by atoms with E-state index < -0.39 is 4.92 Å². The molecule has 0 fully saturated rings. The van der Waals surface area contributed by atoms with Gasteiger partial charge in [0.05, 0.1) is 11.5 Å². The van der Waals surface area contributed by atoms with Crippen LogP contribution in [0.4, 0.5) is 5.69 Å². The fourth-order valence-corrected chi connectivity index (χ4v) is 1.37. The number of non-ortho nitro benzene ring substituents is 1. The zero-order valence-corrected chi connectivity index (χ0v) is 9.64. The second-order valence-corrected chi connectivity index (χ2v) is 3.62. The first-order valence-electron chi connectivity index (χ1n) is 4.91. The van der Waals surface area contributed by atoms with E-state index in [1.807, 2.05) is 0 Å². The van der Waals surface area contributed by atoms with E-state index in [4.69, 9.17) is 6.42 Å². The summed E-state index contributed by atoms with van der Waals surface area (Å²) in [5.74, 6) is 2.03. The molecule has 1 aromatic rings. The van der Waals surface area contributed by atoms with Gasteiger partial charge in [-0.25, -0.2) is 0 Å². The molecule has 88 valence electrons. The Balaban J connectivity index is 3.13. The molecule has 5 heteroatoms. The molecular weight excluding hydrogens is 220 g/mol. The first kappa shape index (κ1) is 12.7. The Morgan fingerprint density at radius 3 is 2.76 bits per heavy atom. The van der Waals surface area contributed by atoms with E-state index >= 15 is 0 Å². The van der Waals surface area contributed by atoms with E-state index in [9.17, 15) is 14.9 Å². The van der Waals surface area contributed by atoms with Crippen LogP contribution in [0.25, 0.3) is 0 Å². The zero-order valence-electron chi connectivity index (χ0n) is 9.64. The normalized spacial score (nSPS) is 9.47. The number of carbonyl (C=O) groups is 1. The number of amides is 1. The van der Waals surface area contributed by atoms with Crippen LogP contribution in [0.15, 0.2) is 18.2 Å².